The second-order valence-electron chi connectivity index (χ2n) is 8.17. The molecule has 6 heteroatoms. The van der Waals surface area contributed by atoms with E-state index in [0.29, 0.717) is 24.7 Å². The van der Waals surface area contributed by atoms with Crippen LogP contribution in [0, 0.1) is 5.82 Å². The predicted molar refractivity (Wildman–Crippen MR) is 112 cm³/mol. The van der Waals surface area contributed by atoms with E-state index in [4.69, 9.17) is 0 Å². The van der Waals surface area contributed by atoms with Crippen LogP contribution in [0.3, 0.4) is 0 Å². The summed E-state index contributed by atoms with van der Waals surface area (Å²) in [6.07, 6.45) is 4.56. The van der Waals surface area contributed by atoms with E-state index in [9.17, 15) is 14.3 Å². The number of halogens is 1. The van der Waals surface area contributed by atoms with Crippen molar-refractivity contribution in [2.75, 3.05) is 13.1 Å². The SMILES string of the molecule is O=C(c1nn(-c2ccc(F)cc2)c2c1CCC2)N1CCC(c2ccc(O)cc2)CC1. The molecule has 1 saturated heterocycles. The van der Waals surface area contributed by atoms with E-state index in [1.807, 2.05) is 21.7 Å². The van der Waals surface area contributed by atoms with Crippen LogP contribution in [0.25, 0.3) is 5.69 Å². The van der Waals surface area contributed by atoms with Gasteiger partial charge in [-0.05, 0) is 80.0 Å². The first-order valence-electron chi connectivity index (χ1n) is 10.5. The van der Waals surface area contributed by atoms with Gasteiger partial charge in [-0.3, -0.25) is 4.79 Å². The fourth-order valence-electron chi connectivity index (χ4n) is 4.72. The van der Waals surface area contributed by atoms with Gasteiger partial charge in [-0.25, -0.2) is 9.07 Å². The van der Waals surface area contributed by atoms with Crippen LogP contribution in [0.5, 0.6) is 5.75 Å². The summed E-state index contributed by atoms with van der Waals surface area (Å²) in [6.45, 7) is 1.39. The van der Waals surface area contributed by atoms with Gasteiger partial charge in [-0.2, -0.15) is 5.10 Å². The number of hydrogen-bond acceptors (Lipinski definition) is 3. The number of phenols is 1. The number of hydrogen-bond donors (Lipinski definition) is 1. The lowest BCUT2D eigenvalue weighted by atomic mass is 9.89. The summed E-state index contributed by atoms with van der Waals surface area (Å²) >= 11 is 0. The maximum Gasteiger partial charge on any atom is 0.274 e. The van der Waals surface area contributed by atoms with E-state index in [1.54, 1.807) is 24.3 Å². The molecule has 2 aromatic carbocycles. The van der Waals surface area contributed by atoms with Crippen LogP contribution < -0.4 is 0 Å². The molecular weight excluding hydrogens is 381 g/mol. The summed E-state index contributed by atoms with van der Waals surface area (Å²) in [6, 6.07) is 13.6. The smallest absolute Gasteiger partial charge is 0.274 e. The van der Waals surface area contributed by atoms with Crippen molar-refractivity contribution in [2.45, 2.75) is 38.0 Å². The number of aromatic hydroxyl groups is 1. The lowest BCUT2D eigenvalue weighted by molar-refractivity contribution is 0.0705. The van der Waals surface area contributed by atoms with Crippen molar-refractivity contribution >= 4 is 5.91 Å². The van der Waals surface area contributed by atoms with Gasteiger partial charge in [0.05, 0.1) is 5.69 Å². The molecule has 0 unspecified atom stereocenters. The molecule has 0 atom stereocenters. The Morgan fingerprint density at radius 2 is 1.70 bits per heavy atom. The van der Waals surface area contributed by atoms with Gasteiger partial charge < -0.3 is 10.0 Å². The van der Waals surface area contributed by atoms with E-state index in [2.05, 4.69) is 5.10 Å². The number of phenolic OH excluding ortho intramolecular Hbond substituents is 1. The third kappa shape index (κ3) is 3.36. The van der Waals surface area contributed by atoms with Crippen molar-refractivity contribution in [3.8, 4) is 11.4 Å². The molecular formula is C24H24FN3O2. The van der Waals surface area contributed by atoms with Crippen molar-refractivity contribution < 1.29 is 14.3 Å². The number of nitrogens with zero attached hydrogens (tertiary/aromatic N) is 3. The summed E-state index contributed by atoms with van der Waals surface area (Å²) in [5, 5.41) is 14.2. The van der Waals surface area contributed by atoms with E-state index in [-0.39, 0.29) is 17.5 Å². The van der Waals surface area contributed by atoms with Crippen molar-refractivity contribution in [2.24, 2.45) is 0 Å². The van der Waals surface area contributed by atoms with Gasteiger partial charge in [0.2, 0.25) is 0 Å². The number of aromatic nitrogens is 2. The van der Waals surface area contributed by atoms with E-state index >= 15 is 0 Å². The van der Waals surface area contributed by atoms with Crippen molar-refractivity contribution in [3.63, 3.8) is 0 Å². The number of fused-ring (bicyclic) bond motifs is 1. The Hall–Kier alpha value is -3.15. The highest BCUT2D eigenvalue weighted by molar-refractivity contribution is 5.94. The molecule has 1 aliphatic carbocycles. The number of rotatable bonds is 3. The topological polar surface area (TPSA) is 58.4 Å². The first kappa shape index (κ1) is 18.9. The van der Waals surface area contributed by atoms with Gasteiger partial charge in [-0.15, -0.1) is 0 Å². The van der Waals surface area contributed by atoms with Gasteiger partial charge in [0.15, 0.2) is 5.69 Å². The van der Waals surface area contributed by atoms with E-state index in [1.165, 1.54) is 17.7 Å². The van der Waals surface area contributed by atoms with Crippen LogP contribution in [0.1, 0.15) is 52.5 Å². The minimum atomic E-state index is -0.282. The lowest BCUT2D eigenvalue weighted by Crippen LogP contribution is -2.38. The van der Waals surface area contributed by atoms with Gasteiger partial charge >= 0.3 is 0 Å². The molecule has 2 aliphatic rings. The summed E-state index contributed by atoms with van der Waals surface area (Å²) < 4.78 is 15.1. The molecule has 1 aromatic heterocycles. The molecule has 3 aromatic rings. The molecule has 154 valence electrons. The van der Waals surface area contributed by atoms with Crippen LogP contribution >= 0.6 is 0 Å². The summed E-state index contributed by atoms with van der Waals surface area (Å²) in [7, 11) is 0. The Morgan fingerprint density at radius 3 is 2.40 bits per heavy atom. The highest BCUT2D eigenvalue weighted by Gasteiger charge is 2.31. The molecule has 1 N–H and O–H groups in total. The number of piperidine rings is 1. The zero-order valence-corrected chi connectivity index (χ0v) is 16.7. The summed E-state index contributed by atoms with van der Waals surface area (Å²) in [5.74, 6) is 0.391. The van der Waals surface area contributed by atoms with Crippen molar-refractivity contribution in [3.05, 3.63) is 76.9 Å². The monoisotopic (exact) mass is 405 g/mol. The van der Waals surface area contributed by atoms with E-state index < -0.39 is 0 Å². The molecule has 0 saturated carbocycles. The standard InChI is InChI=1S/C24H24FN3O2/c25-18-6-8-19(9-7-18)28-22-3-1-2-21(22)23(26-28)24(30)27-14-12-17(13-15-27)16-4-10-20(29)11-5-16/h4-11,17,29H,1-3,12-15H2. The first-order valence-corrected chi connectivity index (χ1v) is 10.5. The van der Waals surface area contributed by atoms with Crippen LogP contribution in [0.2, 0.25) is 0 Å². The number of carbonyl (C=O) groups is 1. The Balaban J connectivity index is 1.35. The van der Waals surface area contributed by atoms with Crippen LogP contribution in [0.15, 0.2) is 48.5 Å². The minimum Gasteiger partial charge on any atom is -0.508 e. The highest BCUT2D eigenvalue weighted by Crippen LogP contribution is 2.32. The molecule has 0 bridgehead atoms. The van der Waals surface area contributed by atoms with Crippen LogP contribution in [-0.2, 0) is 12.8 Å². The Kier molecular flexibility index (Phi) is 4.77. The minimum absolute atomic E-state index is 0.00170. The van der Waals surface area contributed by atoms with Gasteiger partial charge in [0.25, 0.3) is 5.91 Å². The number of carbonyl (C=O) groups excluding carboxylic acids is 1. The van der Waals surface area contributed by atoms with Crippen LogP contribution in [-0.4, -0.2) is 38.8 Å². The molecule has 5 rings (SSSR count). The molecule has 1 aliphatic heterocycles. The number of amides is 1. The fraction of sp³-hybridized carbons (Fsp3) is 0.333. The van der Waals surface area contributed by atoms with Crippen LogP contribution in [0.4, 0.5) is 4.39 Å². The maximum absolute atomic E-state index is 13.3. The number of benzene rings is 2. The molecule has 0 spiro atoms. The third-order valence-corrected chi connectivity index (χ3v) is 6.35. The predicted octanol–water partition coefficient (Wildman–Crippen LogP) is 4.23. The quantitative estimate of drug-likeness (QED) is 0.710. The molecule has 30 heavy (non-hydrogen) atoms. The molecule has 1 fully saturated rings. The summed E-state index contributed by atoms with van der Waals surface area (Å²) in [4.78, 5) is 15.2. The molecule has 0 radical (unpaired) electrons. The zero-order valence-electron chi connectivity index (χ0n) is 16.7. The largest absolute Gasteiger partial charge is 0.508 e. The highest BCUT2D eigenvalue weighted by atomic mass is 19.1. The van der Waals surface area contributed by atoms with Crippen molar-refractivity contribution in [1.29, 1.82) is 0 Å². The van der Waals surface area contributed by atoms with E-state index in [0.717, 1.165) is 49.0 Å². The average Bonchev–Trinajstić information content (AvgIpc) is 3.38. The Bertz CT molecular complexity index is 1070. The normalized spacial score (nSPS) is 16.6. The third-order valence-electron chi connectivity index (χ3n) is 6.35. The van der Waals surface area contributed by atoms with Gasteiger partial charge in [-0.1, -0.05) is 12.1 Å². The van der Waals surface area contributed by atoms with Gasteiger partial charge in [0, 0.05) is 24.3 Å². The second-order valence-corrected chi connectivity index (χ2v) is 8.17. The van der Waals surface area contributed by atoms with Crippen molar-refractivity contribution in [1.82, 2.24) is 14.7 Å². The first-order chi connectivity index (χ1) is 14.6. The zero-order chi connectivity index (χ0) is 20.7. The molecule has 2 heterocycles. The fourth-order valence-corrected chi connectivity index (χ4v) is 4.72. The Morgan fingerprint density at radius 1 is 1.00 bits per heavy atom. The van der Waals surface area contributed by atoms with Gasteiger partial charge in [0.1, 0.15) is 11.6 Å². The Labute approximate surface area is 174 Å². The molecule has 5 nitrogen and oxygen atoms in total. The summed E-state index contributed by atoms with van der Waals surface area (Å²) in [5.41, 5.74) is 4.67. The molecule has 1 amide bonds. The second kappa shape index (κ2) is 7.59. The number of likely N-dealkylation sites (tertiary alicyclic amines) is 1. The average molecular weight is 405 g/mol. The lowest BCUT2D eigenvalue weighted by Gasteiger charge is -2.32. The maximum atomic E-state index is 13.3.